The third-order valence-corrected chi connectivity index (χ3v) is 3.84. The molecule has 84 valence electrons. The Morgan fingerprint density at radius 2 is 2.25 bits per heavy atom. The van der Waals surface area contributed by atoms with E-state index in [2.05, 4.69) is 11.4 Å². The van der Waals surface area contributed by atoms with Crippen molar-refractivity contribution in [2.45, 2.75) is 26.2 Å². The highest BCUT2D eigenvalue weighted by Crippen LogP contribution is 2.40. The van der Waals surface area contributed by atoms with Crippen LogP contribution in [0.25, 0.3) is 0 Å². The maximum absolute atomic E-state index is 9.12. The lowest BCUT2D eigenvalue weighted by molar-refractivity contribution is 0.233. The standard InChI is InChI=1S/C13H15ClN2/c1-10-11(14)4-2-5-12(10)16-9-13(8-15)6-3-7-13/h2,4-5,16H,3,6-7,9H2,1H3. The first-order valence-corrected chi connectivity index (χ1v) is 5.95. The van der Waals surface area contributed by atoms with Crippen molar-refractivity contribution < 1.29 is 0 Å². The molecule has 0 amide bonds. The van der Waals surface area contributed by atoms with Gasteiger partial charge in [0.1, 0.15) is 0 Å². The minimum Gasteiger partial charge on any atom is -0.383 e. The maximum atomic E-state index is 9.12. The lowest BCUT2D eigenvalue weighted by Gasteiger charge is -2.35. The molecule has 1 aromatic rings. The molecule has 1 N–H and O–H groups in total. The van der Waals surface area contributed by atoms with Gasteiger partial charge in [-0.25, -0.2) is 0 Å². The van der Waals surface area contributed by atoms with Gasteiger partial charge < -0.3 is 5.32 Å². The molecule has 2 nitrogen and oxygen atoms in total. The average molecular weight is 235 g/mol. The number of benzene rings is 1. The van der Waals surface area contributed by atoms with Crippen LogP contribution >= 0.6 is 11.6 Å². The molecular formula is C13H15ClN2. The first-order valence-electron chi connectivity index (χ1n) is 5.57. The molecular weight excluding hydrogens is 220 g/mol. The molecule has 0 aliphatic heterocycles. The maximum Gasteiger partial charge on any atom is 0.0746 e. The summed E-state index contributed by atoms with van der Waals surface area (Å²) < 4.78 is 0. The number of rotatable bonds is 3. The summed E-state index contributed by atoms with van der Waals surface area (Å²) in [7, 11) is 0. The molecule has 0 unspecified atom stereocenters. The number of halogens is 1. The Bertz CT molecular complexity index is 430. The smallest absolute Gasteiger partial charge is 0.0746 e. The Labute approximate surface area is 101 Å². The molecule has 0 bridgehead atoms. The lowest BCUT2D eigenvalue weighted by atomic mass is 9.70. The van der Waals surface area contributed by atoms with Gasteiger partial charge in [0.15, 0.2) is 0 Å². The number of hydrogen-bond acceptors (Lipinski definition) is 2. The molecule has 0 saturated heterocycles. The van der Waals surface area contributed by atoms with Crippen molar-refractivity contribution in [1.82, 2.24) is 0 Å². The van der Waals surface area contributed by atoms with Crippen molar-refractivity contribution in [3.63, 3.8) is 0 Å². The Kier molecular flexibility index (Phi) is 3.07. The number of nitrogens with zero attached hydrogens (tertiary/aromatic N) is 1. The number of nitriles is 1. The summed E-state index contributed by atoms with van der Waals surface area (Å²) in [6, 6.07) is 8.24. The van der Waals surface area contributed by atoms with E-state index in [9.17, 15) is 0 Å². The van der Waals surface area contributed by atoms with Gasteiger partial charge in [0.2, 0.25) is 0 Å². The number of hydrogen-bond donors (Lipinski definition) is 1. The Morgan fingerprint density at radius 3 is 2.81 bits per heavy atom. The van der Waals surface area contributed by atoms with Gasteiger partial charge in [-0.3, -0.25) is 0 Å². The summed E-state index contributed by atoms with van der Waals surface area (Å²) in [5.74, 6) is 0. The van der Waals surface area contributed by atoms with Crippen LogP contribution in [0.1, 0.15) is 24.8 Å². The summed E-state index contributed by atoms with van der Waals surface area (Å²) >= 11 is 6.04. The first-order chi connectivity index (χ1) is 7.67. The minimum absolute atomic E-state index is 0.144. The highest BCUT2D eigenvalue weighted by molar-refractivity contribution is 6.31. The van der Waals surface area contributed by atoms with Gasteiger partial charge >= 0.3 is 0 Å². The van der Waals surface area contributed by atoms with Crippen LogP contribution < -0.4 is 5.32 Å². The molecule has 1 aliphatic carbocycles. The van der Waals surface area contributed by atoms with Crippen molar-refractivity contribution in [3.05, 3.63) is 28.8 Å². The van der Waals surface area contributed by atoms with Gasteiger partial charge in [0.25, 0.3) is 0 Å². The van der Waals surface area contributed by atoms with E-state index in [1.807, 2.05) is 25.1 Å². The van der Waals surface area contributed by atoms with E-state index in [0.29, 0.717) is 0 Å². The van der Waals surface area contributed by atoms with E-state index in [-0.39, 0.29) is 5.41 Å². The molecule has 0 atom stereocenters. The van der Waals surface area contributed by atoms with Crippen molar-refractivity contribution >= 4 is 17.3 Å². The van der Waals surface area contributed by atoms with E-state index in [1.54, 1.807) is 0 Å². The SMILES string of the molecule is Cc1c(Cl)cccc1NCC1(C#N)CCC1. The monoisotopic (exact) mass is 234 g/mol. The van der Waals surface area contributed by atoms with E-state index < -0.39 is 0 Å². The fraction of sp³-hybridized carbons (Fsp3) is 0.462. The topological polar surface area (TPSA) is 35.8 Å². The molecule has 1 fully saturated rings. The van der Waals surface area contributed by atoms with Crippen LogP contribution in [0.3, 0.4) is 0 Å². The zero-order valence-electron chi connectivity index (χ0n) is 9.39. The summed E-state index contributed by atoms with van der Waals surface area (Å²) in [6.45, 7) is 2.72. The third kappa shape index (κ3) is 2.01. The number of nitrogens with one attached hydrogen (secondary N) is 1. The van der Waals surface area contributed by atoms with Crippen molar-refractivity contribution in [2.75, 3.05) is 11.9 Å². The minimum atomic E-state index is -0.144. The van der Waals surface area contributed by atoms with Gasteiger partial charge in [-0.05, 0) is 37.5 Å². The summed E-state index contributed by atoms with van der Waals surface area (Å²) in [6.07, 6.45) is 3.19. The predicted molar refractivity (Wildman–Crippen MR) is 66.6 cm³/mol. The van der Waals surface area contributed by atoms with Gasteiger partial charge in [0.05, 0.1) is 11.5 Å². The van der Waals surface area contributed by atoms with Gasteiger partial charge in [-0.2, -0.15) is 5.26 Å². The predicted octanol–water partition coefficient (Wildman–Crippen LogP) is 3.75. The lowest BCUT2D eigenvalue weighted by Crippen LogP contribution is -2.35. The van der Waals surface area contributed by atoms with E-state index in [4.69, 9.17) is 16.9 Å². The second-order valence-electron chi connectivity index (χ2n) is 4.51. The van der Waals surface area contributed by atoms with Crippen LogP contribution in [0, 0.1) is 23.7 Å². The zero-order chi connectivity index (χ0) is 11.6. The fourth-order valence-corrected chi connectivity index (χ4v) is 2.17. The fourth-order valence-electron chi connectivity index (χ4n) is 2.00. The molecule has 1 aliphatic rings. The third-order valence-electron chi connectivity index (χ3n) is 3.43. The zero-order valence-corrected chi connectivity index (χ0v) is 10.1. The molecule has 0 radical (unpaired) electrons. The van der Waals surface area contributed by atoms with Crippen molar-refractivity contribution in [3.8, 4) is 6.07 Å². The van der Waals surface area contributed by atoms with Crippen molar-refractivity contribution in [2.24, 2.45) is 5.41 Å². The normalized spacial score (nSPS) is 17.3. The van der Waals surface area contributed by atoms with Crippen LogP contribution in [0.4, 0.5) is 5.69 Å². The second-order valence-corrected chi connectivity index (χ2v) is 4.92. The van der Waals surface area contributed by atoms with Gasteiger partial charge in [-0.15, -0.1) is 0 Å². The Morgan fingerprint density at radius 1 is 1.50 bits per heavy atom. The molecule has 0 heterocycles. The van der Waals surface area contributed by atoms with Crippen LogP contribution in [0.5, 0.6) is 0 Å². The highest BCUT2D eigenvalue weighted by atomic mass is 35.5. The summed E-state index contributed by atoms with van der Waals surface area (Å²) in [5, 5.41) is 13.2. The van der Waals surface area contributed by atoms with Crippen LogP contribution in [0.15, 0.2) is 18.2 Å². The average Bonchev–Trinajstić information content (AvgIpc) is 2.23. The molecule has 2 rings (SSSR count). The van der Waals surface area contributed by atoms with Crippen LogP contribution in [-0.2, 0) is 0 Å². The second kappa shape index (κ2) is 4.35. The molecule has 0 aromatic heterocycles. The van der Waals surface area contributed by atoms with Crippen molar-refractivity contribution in [1.29, 1.82) is 5.26 Å². The largest absolute Gasteiger partial charge is 0.383 e. The molecule has 1 saturated carbocycles. The Hall–Kier alpha value is -1.20. The van der Waals surface area contributed by atoms with Gasteiger partial charge in [-0.1, -0.05) is 24.1 Å². The molecule has 3 heteroatoms. The number of anilines is 1. The van der Waals surface area contributed by atoms with E-state index >= 15 is 0 Å². The summed E-state index contributed by atoms with van der Waals surface area (Å²) in [4.78, 5) is 0. The van der Waals surface area contributed by atoms with E-state index in [1.165, 1.54) is 6.42 Å². The molecule has 1 aromatic carbocycles. The molecule has 0 spiro atoms. The Balaban J connectivity index is 2.05. The molecule has 16 heavy (non-hydrogen) atoms. The van der Waals surface area contributed by atoms with Crippen LogP contribution in [0.2, 0.25) is 5.02 Å². The van der Waals surface area contributed by atoms with E-state index in [0.717, 1.165) is 35.7 Å². The quantitative estimate of drug-likeness (QED) is 0.865. The van der Waals surface area contributed by atoms with Gasteiger partial charge in [0, 0.05) is 17.3 Å². The highest BCUT2D eigenvalue weighted by Gasteiger charge is 2.36. The van der Waals surface area contributed by atoms with Crippen LogP contribution in [-0.4, -0.2) is 6.54 Å². The summed E-state index contributed by atoms with van der Waals surface area (Å²) in [5.41, 5.74) is 1.94. The first kappa shape index (κ1) is 11.3.